The zero-order chi connectivity index (χ0) is 15.0. The molecule has 1 atom stereocenters. The number of alkyl halides is 3. The predicted molar refractivity (Wildman–Crippen MR) is 67.0 cm³/mol. The second kappa shape index (κ2) is 5.08. The number of amides is 1. The highest BCUT2D eigenvalue weighted by Crippen LogP contribution is 2.29. The summed E-state index contributed by atoms with van der Waals surface area (Å²) in [5.74, 6) is -2.68. The minimum atomic E-state index is -5.04. The predicted octanol–water partition coefficient (Wildman–Crippen LogP) is 1.77. The number of carbonyl (C=O) groups excluding carboxylic acids is 1. The fourth-order valence-electron chi connectivity index (χ4n) is 2.20. The number of hydrogen-bond acceptors (Lipinski definition) is 3. The second-order valence-electron chi connectivity index (χ2n) is 4.57. The van der Waals surface area contributed by atoms with Gasteiger partial charge in [0.2, 0.25) is 0 Å². The Morgan fingerprint density at radius 3 is 2.25 bits per heavy atom. The fourth-order valence-corrected chi connectivity index (χ4v) is 3.90. The molecule has 1 aliphatic heterocycles. The van der Waals surface area contributed by atoms with Crippen molar-refractivity contribution in [2.24, 2.45) is 0 Å². The molecule has 0 aliphatic carbocycles. The SMILES string of the molecule is O=C(N(c1ccccc1)[C@H]1CCS(=O)(=O)C1)C(F)(F)F. The lowest BCUT2D eigenvalue weighted by Crippen LogP contribution is -2.48. The number of carbonyl (C=O) groups is 1. The number of sulfone groups is 1. The van der Waals surface area contributed by atoms with Crippen LogP contribution in [-0.4, -0.2) is 38.0 Å². The normalized spacial score (nSPS) is 21.6. The summed E-state index contributed by atoms with van der Waals surface area (Å²) in [5.41, 5.74) is 0.0527. The summed E-state index contributed by atoms with van der Waals surface area (Å²) in [7, 11) is -3.39. The van der Waals surface area contributed by atoms with Crippen LogP contribution in [-0.2, 0) is 14.6 Å². The molecule has 20 heavy (non-hydrogen) atoms. The molecular weight excluding hydrogens is 295 g/mol. The van der Waals surface area contributed by atoms with Crippen LogP contribution in [0.15, 0.2) is 30.3 Å². The van der Waals surface area contributed by atoms with Crippen molar-refractivity contribution in [1.82, 2.24) is 0 Å². The van der Waals surface area contributed by atoms with Crippen molar-refractivity contribution >= 4 is 21.4 Å². The number of halogens is 3. The van der Waals surface area contributed by atoms with Crippen LogP contribution >= 0.6 is 0 Å². The maximum atomic E-state index is 12.7. The van der Waals surface area contributed by atoms with E-state index < -0.39 is 33.7 Å². The lowest BCUT2D eigenvalue weighted by Gasteiger charge is -2.29. The van der Waals surface area contributed by atoms with Gasteiger partial charge in [-0.2, -0.15) is 13.2 Å². The van der Waals surface area contributed by atoms with E-state index in [1.807, 2.05) is 0 Å². The van der Waals surface area contributed by atoms with E-state index in [1.165, 1.54) is 24.3 Å². The number of hydrogen-bond donors (Lipinski definition) is 0. The zero-order valence-electron chi connectivity index (χ0n) is 10.3. The van der Waals surface area contributed by atoms with Crippen LogP contribution in [0.25, 0.3) is 0 Å². The molecule has 0 bridgehead atoms. The van der Waals surface area contributed by atoms with Crippen molar-refractivity contribution in [1.29, 1.82) is 0 Å². The maximum absolute atomic E-state index is 12.7. The Labute approximate surface area is 114 Å². The van der Waals surface area contributed by atoms with Crippen LogP contribution in [0, 0.1) is 0 Å². The highest BCUT2D eigenvalue weighted by Gasteiger charge is 2.47. The molecule has 0 unspecified atom stereocenters. The smallest absolute Gasteiger partial charge is 0.300 e. The van der Waals surface area contributed by atoms with Crippen molar-refractivity contribution < 1.29 is 26.4 Å². The zero-order valence-corrected chi connectivity index (χ0v) is 11.1. The number of nitrogens with zero attached hydrogens (tertiary/aromatic N) is 1. The van der Waals surface area contributed by atoms with E-state index >= 15 is 0 Å². The molecule has 0 aromatic heterocycles. The van der Waals surface area contributed by atoms with Crippen molar-refractivity contribution in [2.45, 2.75) is 18.6 Å². The average molecular weight is 307 g/mol. The lowest BCUT2D eigenvalue weighted by molar-refractivity contribution is -0.170. The van der Waals surface area contributed by atoms with E-state index in [-0.39, 0.29) is 17.9 Å². The minimum absolute atomic E-state index is 0.0129. The van der Waals surface area contributed by atoms with Gasteiger partial charge >= 0.3 is 12.1 Å². The number of anilines is 1. The van der Waals surface area contributed by atoms with Crippen molar-refractivity contribution in [3.63, 3.8) is 0 Å². The van der Waals surface area contributed by atoms with E-state index in [0.717, 1.165) is 0 Å². The minimum Gasteiger partial charge on any atom is -0.300 e. The van der Waals surface area contributed by atoms with Gasteiger partial charge in [0.1, 0.15) is 0 Å². The third-order valence-corrected chi connectivity index (χ3v) is 4.82. The van der Waals surface area contributed by atoms with E-state index in [1.54, 1.807) is 6.07 Å². The summed E-state index contributed by atoms with van der Waals surface area (Å²) in [6.07, 6.45) is -5.03. The fraction of sp³-hybridized carbons (Fsp3) is 0.417. The standard InChI is InChI=1S/C12H12F3NO3S/c13-12(14,15)11(17)16(9-4-2-1-3-5-9)10-6-7-20(18,19)8-10/h1-5,10H,6-8H2/t10-/m0/s1. The van der Waals surface area contributed by atoms with Crippen LogP contribution in [0.1, 0.15) is 6.42 Å². The van der Waals surface area contributed by atoms with Crippen molar-refractivity contribution in [3.8, 4) is 0 Å². The van der Waals surface area contributed by atoms with Gasteiger partial charge in [-0.25, -0.2) is 8.42 Å². The van der Waals surface area contributed by atoms with E-state index in [9.17, 15) is 26.4 Å². The van der Waals surface area contributed by atoms with Crippen LogP contribution in [0.2, 0.25) is 0 Å². The van der Waals surface area contributed by atoms with Gasteiger partial charge in [-0.1, -0.05) is 18.2 Å². The molecule has 2 rings (SSSR count). The molecule has 0 saturated carbocycles. The third-order valence-electron chi connectivity index (χ3n) is 3.07. The summed E-state index contributed by atoms with van der Waals surface area (Å²) in [6.45, 7) is 0. The molecule has 8 heteroatoms. The van der Waals surface area contributed by atoms with E-state index in [4.69, 9.17) is 0 Å². The molecule has 0 N–H and O–H groups in total. The Kier molecular flexibility index (Phi) is 3.77. The first-order valence-corrected chi connectivity index (χ1v) is 7.69. The quantitative estimate of drug-likeness (QED) is 0.837. The Bertz CT molecular complexity index is 598. The van der Waals surface area contributed by atoms with Crippen molar-refractivity contribution in [3.05, 3.63) is 30.3 Å². The van der Waals surface area contributed by atoms with Gasteiger partial charge in [0, 0.05) is 5.69 Å². The summed E-state index contributed by atoms with van der Waals surface area (Å²) in [5, 5.41) is 0. The molecule has 1 amide bonds. The Morgan fingerprint density at radius 2 is 1.80 bits per heavy atom. The Balaban J connectivity index is 2.38. The van der Waals surface area contributed by atoms with Gasteiger partial charge < -0.3 is 4.90 Å². The Hall–Kier alpha value is -1.57. The first-order valence-electron chi connectivity index (χ1n) is 5.86. The number of benzene rings is 1. The number of para-hydroxylation sites is 1. The molecule has 1 saturated heterocycles. The molecule has 0 spiro atoms. The molecule has 1 aromatic carbocycles. The summed E-state index contributed by atoms with van der Waals surface area (Å²) in [6, 6.07) is 6.33. The summed E-state index contributed by atoms with van der Waals surface area (Å²) in [4.78, 5) is 12.1. The molecule has 1 fully saturated rings. The van der Waals surface area contributed by atoms with Crippen LogP contribution in [0.4, 0.5) is 18.9 Å². The first-order chi connectivity index (χ1) is 9.21. The van der Waals surface area contributed by atoms with E-state index in [0.29, 0.717) is 4.90 Å². The molecule has 1 heterocycles. The first kappa shape index (κ1) is 14.8. The monoisotopic (exact) mass is 307 g/mol. The Morgan fingerprint density at radius 1 is 1.20 bits per heavy atom. The van der Waals surface area contributed by atoms with E-state index in [2.05, 4.69) is 0 Å². The van der Waals surface area contributed by atoms with Gasteiger partial charge in [-0.15, -0.1) is 0 Å². The number of rotatable bonds is 2. The molecule has 1 aromatic rings. The van der Waals surface area contributed by atoms with Crippen LogP contribution in [0.3, 0.4) is 0 Å². The molecule has 110 valence electrons. The van der Waals surface area contributed by atoms with Crippen LogP contribution in [0.5, 0.6) is 0 Å². The molecule has 1 aliphatic rings. The highest BCUT2D eigenvalue weighted by molar-refractivity contribution is 7.91. The van der Waals surface area contributed by atoms with Crippen molar-refractivity contribution in [2.75, 3.05) is 16.4 Å². The van der Waals surface area contributed by atoms with Gasteiger partial charge in [0.05, 0.1) is 17.5 Å². The molecular formula is C12H12F3NO3S. The second-order valence-corrected chi connectivity index (χ2v) is 6.79. The third kappa shape index (κ3) is 3.12. The topological polar surface area (TPSA) is 54.5 Å². The van der Waals surface area contributed by atoms with Gasteiger partial charge in [-0.3, -0.25) is 4.79 Å². The summed E-state index contributed by atoms with van der Waals surface area (Å²) < 4.78 is 60.9. The maximum Gasteiger partial charge on any atom is 0.471 e. The van der Waals surface area contributed by atoms with Gasteiger partial charge in [-0.05, 0) is 18.6 Å². The molecule has 4 nitrogen and oxygen atoms in total. The largest absolute Gasteiger partial charge is 0.471 e. The lowest BCUT2D eigenvalue weighted by atomic mass is 10.1. The molecule has 0 radical (unpaired) electrons. The van der Waals surface area contributed by atoms with Crippen LogP contribution < -0.4 is 4.90 Å². The van der Waals surface area contributed by atoms with Gasteiger partial charge in [0.15, 0.2) is 9.84 Å². The highest BCUT2D eigenvalue weighted by atomic mass is 32.2. The van der Waals surface area contributed by atoms with Gasteiger partial charge in [0.25, 0.3) is 0 Å². The summed E-state index contributed by atoms with van der Waals surface area (Å²) >= 11 is 0. The average Bonchev–Trinajstić information content (AvgIpc) is 2.70.